The van der Waals surface area contributed by atoms with Crippen molar-refractivity contribution in [3.63, 3.8) is 0 Å². The van der Waals surface area contributed by atoms with Crippen LogP contribution >= 0.6 is 11.6 Å². The molecule has 0 aliphatic carbocycles. The summed E-state index contributed by atoms with van der Waals surface area (Å²) in [4.78, 5) is 4.09. The van der Waals surface area contributed by atoms with Gasteiger partial charge in [0, 0.05) is 18.0 Å². The number of aryl methyl sites for hydroxylation is 1. The van der Waals surface area contributed by atoms with Crippen molar-refractivity contribution in [1.82, 2.24) is 14.8 Å². The molecule has 1 aromatic carbocycles. The summed E-state index contributed by atoms with van der Waals surface area (Å²) < 4.78 is 1.64. The van der Waals surface area contributed by atoms with Gasteiger partial charge in [0.05, 0.1) is 0 Å². The molecule has 1 aromatic heterocycles. The van der Waals surface area contributed by atoms with E-state index in [9.17, 15) is 5.11 Å². The number of halogens is 1. The van der Waals surface area contributed by atoms with Gasteiger partial charge in [-0.05, 0) is 17.7 Å². The van der Waals surface area contributed by atoms with Gasteiger partial charge in [0.1, 0.15) is 0 Å². The number of aromatic nitrogens is 3. The Morgan fingerprint density at radius 3 is 2.76 bits per heavy atom. The summed E-state index contributed by atoms with van der Waals surface area (Å²) in [6.45, 7) is 0.610. The largest absolute Gasteiger partial charge is 0.377 e. The third-order valence-corrected chi connectivity index (χ3v) is 3.32. The molecule has 0 saturated carbocycles. The third kappa shape index (κ3) is 1.50. The highest BCUT2D eigenvalue weighted by atomic mass is 35.5. The number of hydrogen-bond donors (Lipinski definition) is 2. The van der Waals surface area contributed by atoms with Crippen molar-refractivity contribution in [2.75, 3.05) is 5.73 Å². The van der Waals surface area contributed by atoms with Crippen LogP contribution in [0.1, 0.15) is 17.8 Å². The van der Waals surface area contributed by atoms with Crippen LogP contribution in [0.4, 0.5) is 5.95 Å². The number of rotatable bonds is 1. The van der Waals surface area contributed by atoms with Gasteiger partial charge in [0.2, 0.25) is 5.95 Å². The molecule has 0 bridgehead atoms. The molecule has 0 radical (unpaired) electrons. The van der Waals surface area contributed by atoms with E-state index in [2.05, 4.69) is 10.1 Å². The summed E-state index contributed by atoms with van der Waals surface area (Å²) in [6.07, 6.45) is 0.546. The smallest absolute Gasteiger partial charge is 0.239 e. The summed E-state index contributed by atoms with van der Waals surface area (Å²) in [5.41, 5.74) is 5.18. The molecule has 5 nitrogen and oxygen atoms in total. The van der Waals surface area contributed by atoms with Crippen LogP contribution in [0.3, 0.4) is 0 Å². The Bertz CT molecular complexity index is 565. The normalized spacial score (nSPS) is 22.7. The first-order valence-electron chi connectivity index (χ1n) is 5.29. The van der Waals surface area contributed by atoms with Crippen LogP contribution in [0.2, 0.25) is 5.02 Å². The summed E-state index contributed by atoms with van der Waals surface area (Å²) in [7, 11) is 0. The van der Waals surface area contributed by atoms with Gasteiger partial charge in [-0.2, -0.15) is 4.98 Å². The zero-order valence-electron chi connectivity index (χ0n) is 8.97. The molecule has 1 unspecified atom stereocenters. The van der Waals surface area contributed by atoms with Gasteiger partial charge in [0.15, 0.2) is 11.4 Å². The van der Waals surface area contributed by atoms with Crippen molar-refractivity contribution in [3.8, 4) is 0 Å². The lowest BCUT2D eigenvalue weighted by atomic mass is 9.92. The molecule has 88 valence electrons. The maximum Gasteiger partial charge on any atom is 0.239 e. The number of hydrogen-bond acceptors (Lipinski definition) is 4. The number of nitrogen functional groups attached to an aromatic ring is 1. The van der Waals surface area contributed by atoms with E-state index in [0.717, 1.165) is 5.56 Å². The minimum absolute atomic E-state index is 0.187. The molecule has 3 N–H and O–H groups in total. The molecule has 1 aliphatic heterocycles. The van der Waals surface area contributed by atoms with Crippen LogP contribution in [-0.4, -0.2) is 19.9 Å². The number of nitrogens with two attached hydrogens (primary N) is 1. The maximum atomic E-state index is 10.7. The summed E-state index contributed by atoms with van der Waals surface area (Å²) >= 11 is 5.83. The van der Waals surface area contributed by atoms with E-state index in [4.69, 9.17) is 17.3 Å². The molecule has 0 amide bonds. The lowest BCUT2D eigenvalue weighted by molar-refractivity contribution is 0.0787. The average Bonchev–Trinajstić information content (AvgIpc) is 2.81. The van der Waals surface area contributed by atoms with Crippen molar-refractivity contribution in [2.24, 2.45) is 0 Å². The Morgan fingerprint density at radius 2 is 2.06 bits per heavy atom. The second kappa shape index (κ2) is 3.45. The Labute approximate surface area is 103 Å². The van der Waals surface area contributed by atoms with Crippen LogP contribution in [0, 0.1) is 0 Å². The van der Waals surface area contributed by atoms with Crippen molar-refractivity contribution in [3.05, 3.63) is 40.7 Å². The SMILES string of the molecule is Nc1nc2n(n1)CCC2(O)c1ccc(Cl)cc1. The van der Waals surface area contributed by atoms with Gasteiger partial charge >= 0.3 is 0 Å². The minimum atomic E-state index is -1.12. The Balaban J connectivity index is 2.11. The molecule has 6 heteroatoms. The monoisotopic (exact) mass is 250 g/mol. The first-order chi connectivity index (χ1) is 8.09. The molecule has 0 fully saturated rings. The fourth-order valence-electron chi connectivity index (χ4n) is 2.20. The van der Waals surface area contributed by atoms with Crippen molar-refractivity contribution in [2.45, 2.75) is 18.6 Å². The fourth-order valence-corrected chi connectivity index (χ4v) is 2.33. The highest BCUT2D eigenvalue weighted by molar-refractivity contribution is 6.30. The van der Waals surface area contributed by atoms with E-state index >= 15 is 0 Å². The van der Waals surface area contributed by atoms with Gasteiger partial charge in [-0.3, -0.25) is 0 Å². The van der Waals surface area contributed by atoms with Gasteiger partial charge in [-0.25, -0.2) is 4.68 Å². The van der Waals surface area contributed by atoms with E-state index in [1.54, 1.807) is 28.9 Å². The van der Waals surface area contributed by atoms with Crippen LogP contribution in [0.5, 0.6) is 0 Å². The second-order valence-electron chi connectivity index (χ2n) is 4.13. The van der Waals surface area contributed by atoms with Gasteiger partial charge in [-0.1, -0.05) is 23.7 Å². The highest BCUT2D eigenvalue weighted by Crippen LogP contribution is 2.37. The highest BCUT2D eigenvalue weighted by Gasteiger charge is 2.41. The lowest BCUT2D eigenvalue weighted by Crippen LogP contribution is -2.25. The third-order valence-electron chi connectivity index (χ3n) is 3.07. The van der Waals surface area contributed by atoms with Crippen LogP contribution < -0.4 is 5.73 Å². The van der Waals surface area contributed by atoms with E-state index < -0.39 is 5.60 Å². The minimum Gasteiger partial charge on any atom is -0.377 e. The predicted octanol–water partition coefficient (Wildman–Crippen LogP) is 1.15. The molecule has 17 heavy (non-hydrogen) atoms. The van der Waals surface area contributed by atoms with Crippen LogP contribution in [0.25, 0.3) is 0 Å². The molecular weight excluding hydrogens is 240 g/mol. The average molecular weight is 251 g/mol. The van der Waals surface area contributed by atoms with Crippen molar-refractivity contribution < 1.29 is 5.11 Å². The topological polar surface area (TPSA) is 77.0 Å². The van der Waals surface area contributed by atoms with E-state index in [-0.39, 0.29) is 5.95 Å². The molecule has 2 aromatic rings. The Kier molecular flexibility index (Phi) is 2.14. The number of nitrogens with zero attached hydrogens (tertiary/aromatic N) is 3. The quantitative estimate of drug-likeness (QED) is 0.796. The van der Waals surface area contributed by atoms with Crippen LogP contribution in [0.15, 0.2) is 24.3 Å². The summed E-state index contributed by atoms with van der Waals surface area (Å²) in [5.74, 6) is 0.685. The summed E-state index contributed by atoms with van der Waals surface area (Å²) in [6, 6.07) is 7.08. The zero-order chi connectivity index (χ0) is 12.0. The molecule has 1 atom stereocenters. The Morgan fingerprint density at radius 1 is 1.35 bits per heavy atom. The summed E-state index contributed by atoms with van der Waals surface area (Å²) in [5, 5.41) is 15.4. The number of aliphatic hydroxyl groups is 1. The predicted molar refractivity (Wildman–Crippen MR) is 63.5 cm³/mol. The Hall–Kier alpha value is -1.59. The molecule has 1 aliphatic rings. The van der Waals surface area contributed by atoms with Gasteiger partial charge < -0.3 is 10.8 Å². The van der Waals surface area contributed by atoms with Crippen molar-refractivity contribution in [1.29, 1.82) is 0 Å². The first-order valence-corrected chi connectivity index (χ1v) is 5.66. The number of benzene rings is 1. The number of fused-ring (bicyclic) bond motifs is 1. The molecular formula is C11H11ClN4O. The standard InChI is InChI=1S/C11H11ClN4O/c12-8-3-1-7(2-4-8)11(17)5-6-16-9(11)14-10(13)15-16/h1-4,17H,5-6H2,(H2,13,15). The molecule has 0 saturated heterocycles. The zero-order valence-corrected chi connectivity index (χ0v) is 9.72. The second-order valence-corrected chi connectivity index (χ2v) is 4.57. The van der Waals surface area contributed by atoms with E-state index in [0.29, 0.717) is 23.8 Å². The van der Waals surface area contributed by atoms with E-state index in [1.165, 1.54) is 0 Å². The van der Waals surface area contributed by atoms with Crippen molar-refractivity contribution >= 4 is 17.5 Å². The van der Waals surface area contributed by atoms with E-state index in [1.807, 2.05) is 0 Å². The van der Waals surface area contributed by atoms with Gasteiger partial charge in [0.25, 0.3) is 0 Å². The molecule has 0 spiro atoms. The van der Waals surface area contributed by atoms with Crippen LogP contribution in [-0.2, 0) is 12.1 Å². The molecule has 2 heterocycles. The first kappa shape index (κ1) is 10.6. The molecule has 3 rings (SSSR count). The lowest BCUT2D eigenvalue weighted by Gasteiger charge is -2.20. The number of anilines is 1. The van der Waals surface area contributed by atoms with Gasteiger partial charge in [-0.15, -0.1) is 5.10 Å². The fraction of sp³-hybridized carbons (Fsp3) is 0.273. The maximum absolute atomic E-state index is 10.7.